The van der Waals surface area contributed by atoms with Crippen molar-refractivity contribution in [2.75, 3.05) is 7.05 Å². The first-order chi connectivity index (χ1) is 9.33. The highest BCUT2D eigenvalue weighted by Gasteiger charge is 2.24. The molecule has 0 spiro atoms. The molecule has 1 aromatic heterocycles. The predicted octanol–water partition coefficient (Wildman–Crippen LogP) is 3.97. The van der Waals surface area contributed by atoms with E-state index in [-0.39, 0.29) is 0 Å². The van der Waals surface area contributed by atoms with Crippen LogP contribution in [0.2, 0.25) is 0 Å². The number of thiazole rings is 1. The molecule has 100 valence electrons. The summed E-state index contributed by atoms with van der Waals surface area (Å²) in [7, 11) is 2.04. The number of nitrogens with one attached hydrogen (secondary N) is 1. The standard InChI is InChI=1S/C16H20N2S/c1-3-11-7-4-5-8-12(11)16-18-15-13(17-2)9-6-10-14(15)19-16/h4-5,7-8,13,17H,3,6,9-10H2,1-2H3. The monoisotopic (exact) mass is 272 g/mol. The molecule has 0 amide bonds. The van der Waals surface area contributed by atoms with E-state index in [1.807, 2.05) is 18.4 Å². The summed E-state index contributed by atoms with van der Waals surface area (Å²) in [6.45, 7) is 2.21. The highest BCUT2D eigenvalue weighted by atomic mass is 32.1. The predicted molar refractivity (Wildman–Crippen MR) is 81.7 cm³/mol. The van der Waals surface area contributed by atoms with Gasteiger partial charge in [0.25, 0.3) is 0 Å². The molecule has 1 aromatic carbocycles. The van der Waals surface area contributed by atoms with Crippen molar-refractivity contribution >= 4 is 11.3 Å². The third-order valence-corrected chi connectivity index (χ3v) is 5.10. The first-order valence-electron chi connectivity index (χ1n) is 7.08. The molecule has 0 radical (unpaired) electrons. The van der Waals surface area contributed by atoms with Crippen molar-refractivity contribution in [3.8, 4) is 10.6 Å². The van der Waals surface area contributed by atoms with Crippen LogP contribution >= 0.6 is 11.3 Å². The molecule has 19 heavy (non-hydrogen) atoms. The number of hydrogen-bond donors (Lipinski definition) is 1. The van der Waals surface area contributed by atoms with Gasteiger partial charge in [0.05, 0.1) is 11.7 Å². The minimum absolute atomic E-state index is 0.447. The van der Waals surface area contributed by atoms with Gasteiger partial charge in [0.2, 0.25) is 0 Å². The van der Waals surface area contributed by atoms with Crippen molar-refractivity contribution in [1.82, 2.24) is 10.3 Å². The Hall–Kier alpha value is -1.19. The third kappa shape index (κ3) is 2.33. The second-order valence-corrected chi connectivity index (χ2v) is 6.16. The van der Waals surface area contributed by atoms with Crippen LogP contribution in [0.3, 0.4) is 0 Å². The normalized spacial score (nSPS) is 18.3. The molecule has 1 aliphatic rings. The summed E-state index contributed by atoms with van der Waals surface area (Å²) in [6.07, 6.45) is 4.74. The van der Waals surface area contributed by atoms with E-state index in [1.54, 1.807) is 0 Å². The van der Waals surface area contributed by atoms with Crippen LogP contribution in [0.4, 0.5) is 0 Å². The lowest BCUT2D eigenvalue weighted by atomic mass is 9.98. The van der Waals surface area contributed by atoms with Crippen LogP contribution in [-0.4, -0.2) is 12.0 Å². The summed E-state index contributed by atoms with van der Waals surface area (Å²) in [5.41, 5.74) is 4.01. The van der Waals surface area contributed by atoms with E-state index in [4.69, 9.17) is 4.98 Å². The first-order valence-corrected chi connectivity index (χ1v) is 7.90. The molecule has 0 fully saturated rings. The Balaban J connectivity index is 2.05. The van der Waals surface area contributed by atoms with Gasteiger partial charge in [-0.25, -0.2) is 4.98 Å². The van der Waals surface area contributed by atoms with Gasteiger partial charge in [0.15, 0.2) is 0 Å². The maximum absolute atomic E-state index is 4.94. The van der Waals surface area contributed by atoms with E-state index in [2.05, 4.69) is 36.5 Å². The zero-order valence-electron chi connectivity index (χ0n) is 11.6. The Morgan fingerprint density at radius 3 is 3.00 bits per heavy atom. The van der Waals surface area contributed by atoms with E-state index < -0.39 is 0 Å². The summed E-state index contributed by atoms with van der Waals surface area (Å²) >= 11 is 1.89. The van der Waals surface area contributed by atoms with Crippen LogP contribution in [0.15, 0.2) is 24.3 Å². The lowest BCUT2D eigenvalue weighted by Crippen LogP contribution is -2.21. The van der Waals surface area contributed by atoms with Crippen molar-refractivity contribution in [1.29, 1.82) is 0 Å². The van der Waals surface area contributed by atoms with Crippen molar-refractivity contribution in [2.45, 2.75) is 38.6 Å². The molecule has 1 aliphatic carbocycles. The van der Waals surface area contributed by atoms with Crippen molar-refractivity contribution < 1.29 is 0 Å². The molecule has 1 N–H and O–H groups in total. The molecule has 2 aromatic rings. The largest absolute Gasteiger partial charge is 0.312 e. The number of aromatic nitrogens is 1. The highest BCUT2D eigenvalue weighted by Crippen LogP contribution is 2.37. The Morgan fingerprint density at radius 2 is 2.21 bits per heavy atom. The van der Waals surface area contributed by atoms with Crippen LogP contribution in [0, 0.1) is 0 Å². The van der Waals surface area contributed by atoms with Gasteiger partial charge in [-0.2, -0.15) is 0 Å². The number of benzene rings is 1. The second-order valence-electron chi connectivity index (χ2n) is 5.07. The minimum atomic E-state index is 0.447. The number of rotatable bonds is 3. The Morgan fingerprint density at radius 1 is 1.37 bits per heavy atom. The van der Waals surface area contributed by atoms with Crippen LogP contribution in [0.1, 0.15) is 41.9 Å². The fourth-order valence-corrected chi connectivity index (χ4v) is 4.08. The van der Waals surface area contributed by atoms with Gasteiger partial charge in [-0.3, -0.25) is 0 Å². The van der Waals surface area contributed by atoms with Crippen molar-refractivity contribution in [3.05, 3.63) is 40.4 Å². The molecular formula is C16H20N2S. The van der Waals surface area contributed by atoms with Gasteiger partial charge in [0.1, 0.15) is 5.01 Å². The maximum atomic E-state index is 4.94. The van der Waals surface area contributed by atoms with E-state index in [0.29, 0.717) is 6.04 Å². The molecule has 1 heterocycles. The SMILES string of the molecule is CCc1ccccc1-c1nc2c(s1)CCCC2NC. The molecule has 1 unspecified atom stereocenters. The van der Waals surface area contributed by atoms with E-state index >= 15 is 0 Å². The van der Waals surface area contributed by atoms with Gasteiger partial charge in [-0.1, -0.05) is 31.2 Å². The van der Waals surface area contributed by atoms with E-state index in [0.717, 1.165) is 6.42 Å². The van der Waals surface area contributed by atoms with Crippen LogP contribution in [0.25, 0.3) is 10.6 Å². The molecular weight excluding hydrogens is 252 g/mol. The summed E-state index contributed by atoms with van der Waals surface area (Å²) in [6, 6.07) is 9.10. The average molecular weight is 272 g/mol. The lowest BCUT2D eigenvalue weighted by molar-refractivity contribution is 0.490. The second kappa shape index (κ2) is 5.43. The molecule has 0 bridgehead atoms. The Labute approximate surface area is 118 Å². The van der Waals surface area contributed by atoms with Gasteiger partial charge in [0, 0.05) is 10.4 Å². The summed E-state index contributed by atoms with van der Waals surface area (Å²) < 4.78 is 0. The zero-order valence-corrected chi connectivity index (χ0v) is 12.4. The number of aryl methyl sites for hydroxylation is 2. The van der Waals surface area contributed by atoms with Crippen LogP contribution in [0.5, 0.6) is 0 Å². The lowest BCUT2D eigenvalue weighted by Gasteiger charge is -2.19. The summed E-state index contributed by atoms with van der Waals surface area (Å²) in [5, 5.41) is 4.60. The van der Waals surface area contributed by atoms with E-state index in [9.17, 15) is 0 Å². The number of fused-ring (bicyclic) bond motifs is 1. The summed E-state index contributed by atoms with van der Waals surface area (Å²) in [4.78, 5) is 6.42. The zero-order chi connectivity index (χ0) is 13.2. The fraction of sp³-hybridized carbons (Fsp3) is 0.438. The number of hydrogen-bond acceptors (Lipinski definition) is 3. The van der Waals surface area contributed by atoms with Gasteiger partial charge < -0.3 is 5.32 Å². The highest BCUT2D eigenvalue weighted by molar-refractivity contribution is 7.15. The molecule has 0 saturated heterocycles. The third-order valence-electron chi connectivity index (χ3n) is 3.93. The Kier molecular flexibility index (Phi) is 3.67. The molecule has 0 aliphatic heterocycles. The van der Waals surface area contributed by atoms with Gasteiger partial charge >= 0.3 is 0 Å². The van der Waals surface area contributed by atoms with Gasteiger partial charge in [-0.05, 0) is 38.3 Å². The smallest absolute Gasteiger partial charge is 0.124 e. The van der Waals surface area contributed by atoms with Crippen molar-refractivity contribution in [2.24, 2.45) is 0 Å². The topological polar surface area (TPSA) is 24.9 Å². The molecule has 0 saturated carbocycles. The average Bonchev–Trinajstić information content (AvgIpc) is 2.90. The summed E-state index contributed by atoms with van der Waals surface area (Å²) in [5.74, 6) is 0. The maximum Gasteiger partial charge on any atom is 0.124 e. The fourth-order valence-electron chi connectivity index (χ4n) is 2.85. The molecule has 3 rings (SSSR count). The molecule has 2 nitrogen and oxygen atoms in total. The first kappa shape index (κ1) is 12.8. The van der Waals surface area contributed by atoms with Crippen LogP contribution < -0.4 is 5.32 Å². The quantitative estimate of drug-likeness (QED) is 0.914. The van der Waals surface area contributed by atoms with E-state index in [1.165, 1.54) is 46.0 Å². The number of nitrogens with zero attached hydrogens (tertiary/aromatic N) is 1. The van der Waals surface area contributed by atoms with Crippen molar-refractivity contribution in [3.63, 3.8) is 0 Å². The molecule has 3 heteroatoms. The Bertz CT molecular complexity index is 574. The van der Waals surface area contributed by atoms with Gasteiger partial charge in [-0.15, -0.1) is 11.3 Å². The minimum Gasteiger partial charge on any atom is -0.312 e. The van der Waals surface area contributed by atoms with Crippen LogP contribution in [-0.2, 0) is 12.8 Å². The molecule has 1 atom stereocenters.